The number of benzene rings is 1. The van der Waals surface area contributed by atoms with Crippen molar-refractivity contribution in [1.82, 2.24) is 25.2 Å². The van der Waals surface area contributed by atoms with E-state index in [-0.39, 0.29) is 36.4 Å². The van der Waals surface area contributed by atoms with Crippen LogP contribution in [0.15, 0.2) is 42.7 Å². The molecule has 3 amide bonds. The van der Waals surface area contributed by atoms with Gasteiger partial charge in [-0.15, -0.1) is 0 Å². The lowest BCUT2D eigenvalue weighted by atomic mass is 10.0. The predicted octanol–water partition coefficient (Wildman–Crippen LogP) is 2.46. The van der Waals surface area contributed by atoms with Crippen LogP contribution in [0.3, 0.4) is 0 Å². The van der Waals surface area contributed by atoms with Crippen LogP contribution in [0.2, 0.25) is 0 Å². The van der Waals surface area contributed by atoms with Gasteiger partial charge in [0.25, 0.3) is 11.8 Å². The van der Waals surface area contributed by atoms with Crippen LogP contribution in [0.4, 0.5) is 0 Å². The number of hydrogen-bond donors (Lipinski definition) is 2. The fraction of sp³-hybridized carbons (Fsp3) is 0.286. The first-order valence-corrected chi connectivity index (χ1v) is 9.50. The minimum Gasteiger partial charge on any atom is -0.346 e. The molecule has 2 N–H and O–H groups in total. The number of para-hydroxylation sites is 2. The van der Waals surface area contributed by atoms with Crippen molar-refractivity contribution in [1.29, 1.82) is 0 Å². The molecular formula is C21H21N5O3. The summed E-state index contributed by atoms with van der Waals surface area (Å²) in [7, 11) is 0. The summed E-state index contributed by atoms with van der Waals surface area (Å²) in [4.78, 5) is 50.2. The number of carbonyl (C=O) groups excluding carboxylic acids is 3. The van der Waals surface area contributed by atoms with E-state index < -0.39 is 11.8 Å². The van der Waals surface area contributed by atoms with Gasteiger partial charge in [0, 0.05) is 25.4 Å². The number of amides is 3. The van der Waals surface area contributed by atoms with Crippen LogP contribution >= 0.6 is 0 Å². The van der Waals surface area contributed by atoms with Crippen molar-refractivity contribution >= 4 is 28.8 Å². The van der Waals surface area contributed by atoms with Crippen molar-refractivity contribution in [3.63, 3.8) is 0 Å². The second-order valence-electron chi connectivity index (χ2n) is 7.36. The monoisotopic (exact) mass is 391 g/mol. The fourth-order valence-electron chi connectivity index (χ4n) is 3.47. The van der Waals surface area contributed by atoms with E-state index in [9.17, 15) is 14.4 Å². The van der Waals surface area contributed by atoms with Gasteiger partial charge in [-0.2, -0.15) is 0 Å². The summed E-state index contributed by atoms with van der Waals surface area (Å²) in [6.07, 6.45) is 2.87. The van der Waals surface area contributed by atoms with Crippen LogP contribution < -0.4 is 5.32 Å². The maximum absolute atomic E-state index is 12.6. The average Bonchev–Trinajstić information content (AvgIpc) is 3.24. The fourth-order valence-corrected chi connectivity index (χ4v) is 3.47. The van der Waals surface area contributed by atoms with E-state index in [2.05, 4.69) is 20.3 Å². The molecule has 4 rings (SSSR count). The van der Waals surface area contributed by atoms with E-state index >= 15 is 0 Å². The quantitative estimate of drug-likeness (QED) is 0.628. The Morgan fingerprint density at radius 2 is 1.90 bits per heavy atom. The first-order valence-electron chi connectivity index (χ1n) is 9.50. The summed E-state index contributed by atoms with van der Waals surface area (Å²) in [6.45, 7) is 4.01. The van der Waals surface area contributed by atoms with E-state index in [0.29, 0.717) is 11.4 Å². The first-order chi connectivity index (χ1) is 14.0. The highest BCUT2D eigenvalue weighted by Gasteiger charge is 2.35. The number of nitrogens with zero attached hydrogens (tertiary/aromatic N) is 3. The molecule has 8 nitrogen and oxygen atoms in total. The van der Waals surface area contributed by atoms with Crippen molar-refractivity contribution in [3.8, 4) is 0 Å². The molecule has 3 heterocycles. The molecule has 0 spiro atoms. The molecule has 0 saturated carbocycles. The van der Waals surface area contributed by atoms with Gasteiger partial charge in [-0.1, -0.05) is 26.0 Å². The van der Waals surface area contributed by atoms with Gasteiger partial charge in [0.05, 0.1) is 28.2 Å². The first kappa shape index (κ1) is 18.8. The van der Waals surface area contributed by atoms with Crippen LogP contribution in [0, 0.1) is 5.92 Å². The number of H-pyrrole nitrogens is 1. The van der Waals surface area contributed by atoms with Gasteiger partial charge in [0.1, 0.15) is 5.82 Å². The lowest BCUT2D eigenvalue weighted by Crippen LogP contribution is -2.37. The van der Waals surface area contributed by atoms with Crippen molar-refractivity contribution in [3.05, 3.63) is 59.7 Å². The Labute approximate surface area is 167 Å². The third-order valence-electron chi connectivity index (χ3n) is 5.02. The maximum atomic E-state index is 12.6. The van der Waals surface area contributed by atoms with Gasteiger partial charge in [-0.25, -0.2) is 4.98 Å². The number of pyridine rings is 1. The molecule has 29 heavy (non-hydrogen) atoms. The van der Waals surface area contributed by atoms with Crippen LogP contribution in [-0.4, -0.2) is 44.1 Å². The third-order valence-corrected chi connectivity index (χ3v) is 5.02. The number of imide groups is 1. The maximum Gasteiger partial charge on any atom is 0.263 e. The zero-order valence-electron chi connectivity index (χ0n) is 16.2. The van der Waals surface area contributed by atoms with Gasteiger partial charge in [0.2, 0.25) is 5.91 Å². The zero-order chi connectivity index (χ0) is 20.5. The Bertz CT molecular complexity index is 1040. The molecule has 1 atom stereocenters. The molecule has 0 saturated heterocycles. The van der Waals surface area contributed by atoms with Crippen molar-refractivity contribution in [2.45, 2.75) is 26.3 Å². The van der Waals surface area contributed by atoms with Gasteiger partial charge in [-0.05, 0) is 24.1 Å². The standard InChI is InChI=1S/C21H21N5O3/c1-12(2)18(19-23-15-5-3-4-6-16(15)24-19)25-17(27)8-10-26-20(28)13-7-9-22-11-14(13)21(26)29/h3-7,9,11-12,18H,8,10H2,1-2H3,(H,23,24)(H,25,27)/t18-/m0/s1. The highest BCUT2D eigenvalue weighted by Crippen LogP contribution is 2.23. The second kappa shape index (κ2) is 7.46. The zero-order valence-corrected chi connectivity index (χ0v) is 16.2. The van der Waals surface area contributed by atoms with E-state index in [4.69, 9.17) is 0 Å². The molecule has 0 aliphatic carbocycles. The van der Waals surface area contributed by atoms with Crippen LogP contribution in [0.25, 0.3) is 11.0 Å². The highest BCUT2D eigenvalue weighted by molar-refractivity contribution is 6.21. The number of aromatic amines is 1. The van der Waals surface area contributed by atoms with E-state index in [0.717, 1.165) is 15.9 Å². The number of imidazole rings is 1. The predicted molar refractivity (Wildman–Crippen MR) is 106 cm³/mol. The summed E-state index contributed by atoms with van der Waals surface area (Å²) in [6, 6.07) is 8.89. The number of aromatic nitrogens is 3. The molecule has 2 aromatic heterocycles. The molecule has 8 heteroatoms. The Hall–Kier alpha value is -3.55. The summed E-state index contributed by atoms with van der Waals surface area (Å²) in [5.74, 6) is -0.272. The molecule has 0 bridgehead atoms. The molecule has 3 aromatic rings. The molecule has 0 fully saturated rings. The van der Waals surface area contributed by atoms with E-state index in [1.807, 2.05) is 38.1 Å². The smallest absolute Gasteiger partial charge is 0.263 e. The van der Waals surface area contributed by atoms with E-state index in [1.165, 1.54) is 18.5 Å². The largest absolute Gasteiger partial charge is 0.346 e. The highest BCUT2D eigenvalue weighted by atomic mass is 16.2. The minimum atomic E-state index is -0.413. The number of hydrogen-bond acceptors (Lipinski definition) is 5. The number of rotatable bonds is 6. The van der Waals surface area contributed by atoms with Crippen molar-refractivity contribution in [2.75, 3.05) is 6.54 Å². The molecule has 148 valence electrons. The number of carbonyl (C=O) groups is 3. The summed E-state index contributed by atoms with van der Waals surface area (Å²) < 4.78 is 0. The summed E-state index contributed by atoms with van der Waals surface area (Å²) >= 11 is 0. The lowest BCUT2D eigenvalue weighted by molar-refractivity contribution is -0.122. The van der Waals surface area contributed by atoms with Crippen LogP contribution in [0.5, 0.6) is 0 Å². The Kier molecular flexibility index (Phi) is 4.84. The summed E-state index contributed by atoms with van der Waals surface area (Å²) in [5.41, 5.74) is 2.34. The molecule has 1 aliphatic rings. The minimum absolute atomic E-state index is 0.0162. The lowest BCUT2D eigenvalue weighted by Gasteiger charge is -2.21. The summed E-state index contributed by atoms with van der Waals surface area (Å²) in [5, 5.41) is 2.97. The third kappa shape index (κ3) is 3.49. The SMILES string of the molecule is CC(C)[C@H](NC(=O)CCN1C(=O)c2ccncc2C1=O)c1nc2ccccc2[nH]1. The molecule has 0 unspecified atom stereocenters. The molecule has 1 aromatic carbocycles. The van der Waals surface area contributed by atoms with Gasteiger partial charge >= 0.3 is 0 Å². The normalized spacial score (nSPS) is 14.5. The van der Waals surface area contributed by atoms with Gasteiger partial charge in [-0.3, -0.25) is 24.3 Å². The number of fused-ring (bicyclic) bond motifs is 2. The van der Waals surface area contributed by atoms with Crippen LogP contribution in [0.1, 0.15) is 52.9 Å². The van der Waals surface area contributed by atoms with E-state index in [1.54, 1.807) is 0 Å². The molecule has 1 aliphatic heterocycles. The molecule has 0 radical (unpaired) electrons. The topological polar surface area (TPSA) is 108 Å². The molecular weight excluding hydrogens is 370 g/mol. The van der Waals surface area contributed by atoms with Gasteiger partial charge in [0.15, 0.2) is 0 Å². The van der Waals surface area contributed by atoms with Crippen molar-refractivity contribution in [2.24, 2.45) is 5.92 Å². The Morgan fingerprint density at radius 1 is 1.14 bits per heavy atom. The van der Waals surface area contributed by atoms with Crippen LogP contribution in [-0.2, 0) is 4.79 Å². The van der Waals surface area contributed by atoms with Gasteiger partial charge < -0.3 is 10.3 Å². The second-order valence-corrected chi connectivity index (χ2v) is 7.36. The Morgan fingerprint density at radius 3 is 2.62 bits per heavy atom. The van der Waals surface area contributed by atoms with Crippen molar-refractivity contribution < 1.29 is 14.4 Å². The Balaban J connectivity index is 1.43. The number of nitrogens with one attached hydrogen (secondary N) is 2. The average molecular weight is 391 g/mol.